The number of tetrazole rings is 1. The molecule has 9 heteroatoms. The maximum Gasteiger partial charge on any atom is 0.212 e. The number of aromatic nitrogens is 4. The molecule has 2 rings (SSSR count). The summed E-state index contributed by atoms with van der Waals surface area (Å²) in [5.41, 5.74) is 0. The van der Waals surface area contributed by atoms with Crippen LogP contribution in [0.5, 0.6) is 0 Å². The molecule has 1 saturated heterocycles. The first-order valence-corrected chi connectivity index (χ1v) is 7.74. The molecular weight excluding hydrogens is 256 g/mol. The van der Waals surface area contributed by atoms with Crippen LogP contribution in [0.15, 0.2) is 0 Å². The SMILES string of the molecule is O=S(=O)(CCC1CCCCN1)NCc1nn[nH]n1. The van der Waals surface area contributed by atoms with Crippen molar-refractivity contribution in [3.8, 4) is 0 Å². The fourth-order valence-corrected chi connectivity index (χ4v) is 3.06. The van der Waals surface area contributed by atoms with Gasteiger partial charge in [-0.3, -0.25) is 0 Å². The molecule has 1 aliphatic rings. The van der Waals surface area contributed by atoms with Gasteiger partial charge in [-0.05, 0) is 25.8 Å². The predicted molar refractivity (Wildman–Crippen MR) is 65.1 cm³/mol. The number of piperidine rings is 1. The van der Waals surface area contributed by atoms with Crippen molar-refractivity contribution in [2.75, 3.05) is 12.3 Å². The number of nitrogens with one attached hydrogen (secondary N) is 3. The topological polar surface area (TPSA) is 113 Å². The van der Waals surface area contributed by atoms with E-state index in [9.17, 15) is 8.42 Å². The second kappa shape index (κ2) is 6.21. The molecule has 1 aliphatic heterocycles. The second-order valence-corrected chi connectivity index (χ2v) is 6.33. The van der Waals surface area contributed by atoms with E-state index in [1.54, 1.807) is 0 Å². The number of nitrogens with zero attached hydrogens (tertiary/aromatic N) is 3. The largest absolute Gasteiger partial charge is 0.314 e. The third-order valence-electron chi connectivity index (χ3n) is 2.99. The molecule has 2 heterocycles. The Balaban J connectivity index is 1.73. The van der Waals surface area contributed by atoms with Gasteiger partial charge in [0.2, 0.25) is 10.0 Å². The van der Waals surface area contributed by atoms with Crippen LogP contribution >= 0.6 is 0 Å². The van der Waals surface area contributed by atoms with Crippen LogP contribution in [0.1, 0.15) is 31.5 Å². The van der Waals surface area contributed by atoms with Gasteiger partial charge in [-0.1, -0.05) is 11.6 Å². The Morgan fingerprint density at radius 3 is 2.94 bits per heavy atom. The summed E-state index contributed by atoms with van der Waals surface area (Å²) >= 11 is 0. The maximum atomic E-state index is 11.7. The van der Waals surface area contributed by atoms with Gasteiger partial charge in [0.25, 0.3) is 0 Å². The normalized spacial score (nSPS) is 21.0. The summed E-state index contributed by atoms with van der Waals surface area (Å²) in [5, 5.41) is 16.3. The van der Waals surface area contributed by atoms with Crippen molar-refractivity contribution in [1.82, 2.24) is 30.7 Å². The Labute approximate surface area is 106 Å². The highest BCUT2D eigenvalue weighted by Crippen LogP contribution is 2.10. The monoisotopic (exact) mass is 274 g/mol. The van der Waals surface area contributed by atoms with Crippen LogP contribution < -0.4 is 10.0 Å². The van der Waals surface area contributed by atoms with Crippen molar-refractivity contribution in [1.29, 1.82) is 0 Å². The van der Waals surface area contributed by atoms with Crippen molar-refractivity contribution in [2.24, 2.45) is 0 Å². The van der Waals surface area contributed by atoms with Crippen LogP contribution in [0.3, 0.4) is 0 Å². The fourth-order valence-electron chi connectivity index (χ4n) is 1.97. The van der Waals surface area contributed by atoms with E-state index in [4.69, 9.17) is 0 Å². The Morgan fingerprint density at radius 1 is 1.39 bits per heavy atom. The summed E-state index contributed by atoms with van der Waals surface area (Å²) < 4.78 is 25.9. The summed E-state index contributed by atoms with van der Waals surface area (Å²) in [4.78, 5) is 0. The number of hydrogen-bond acceptors (Lipinski definition) is 6. The van der Waals surface area contributed by atoms with Gasteiger partial charge in [0.05, 0.1) is 12.3 Å². The molecule has 102 valence electrons. The average molecular weight is 274 g/mol. The highest BCUT2D eigenvalue weighted by molar-refractivity contribution is 7.89. The molecule has 1 atom stereocenters. The molecule has 1 aromatic rings. The lowest BCUT2D eigenvalue weighted by Crippen LogP contribution is -2.37. The minimum absolute atomic E-state index is 0.0803. The molecule has 18 heavy (non-hydrogen) atoms. The van der Waals surface area contributed by atoms with Crippen LogP contribution in [0.4, 0.5) is 0 Å². The number of aromatic amines is 1. The standard InChI is InChI=1S/C9H18N6O2S/c16-18(17,11-7-9-12-14-15-13-9)6-4-8-3-1-2-5-10-8/h8,10-11H,1-7H2,(H,12,13,14,15). The predicted octanol–water partition coefficient (Wildman–Crippen LogP) is -0.849. The summed E-state index contributed by atoms with van der Waals surface area (Å²) in [6.45, 7) is 1.07. The molecule has 1 aromatic heterocycles. The Morgan fingerprint density at radius 2 is 2.28 bits per heavy atom. The third-order valence-corrected chi connectivity index (χ3v) is 4.34. The van der Waals surface area contributed by atoms with Crippen LogP contribution in [0.2, 0.25) is 0 Å². The van der Waals surface area contributed by atoms with E-state index in [2.05, 4.69) is 30.7 Å². The first-order chi connectivity index (χ1) is 8.66. The van der Waals surface area contributed by atoms with Gasteiger partial charge in [-0.25, -0.2) is 13.1 Å². The lowest BCUT2D eigenvalue weighted by Gasteiger charge is -2.23. The van der Waals surface area contributed by atoms with Crippen LogP contribution in [0, 0.1) is 0 Å². The summed E-state index contributed by atoms with van der Waals surface area (Å²) in [7, 11) is -3.27. The minimum atomic E-state index is -3.27. The molecule has 0 saturated carbocycles. The molecule has 0 radical (unpaired) electrons. The minimum Gasteiger partial charge on any atom is -0.314 e. The lowest BCUT2D eigenvalue weighted by molar-refractivity contribution is 0.392. The molecule has 0 aliphatic carbocycles. The van der Waals surface area contributed by atoms with Crippen LogP contribution in [0.25, 0.3) is 0 Å². The fraction of sp³-hybridized carbons (Fsp3) is 0.889. The van der Waals surface area contributed by atoms with Gasteiger partial charge in [0.1, 0.15) is 0 Å². The zero-order valence-electron chi connectivity index (χ0n) is 10.1. The summed E-state index contributed by atoms with van der Waals surface area (Å²) in [5.74, 6) is 0.470. The van der Waals surface area contributed by atoms with Crippen molar-refractivity contribution in [3.05, 3.63) is 5.82 Å². The number of H-pyrrole nitrogens is 1. The van der Waals surface area contributed by atoms with Gasteiger partial charge >= 0.3 is 0 Å². The molecular formula is C9H18N6O2S. The van der Waals surface area contributed by atoms with Gasteiger partial charge in [-0.15, -0.1) is 10.2 Å². The zero-order valence-corrected chi connectivity index (χ0v) is 10.9. The van der Waals surface area contributed by atoms with Crippen molar-refractivity contribution in [2.45, 2.75) is 38.3 Å². The Bertz CT molecular complexity index is 440. The van der Waals surface area contributed by atoms with E-state index >= 15 is 0 Å². The number of sulfonamides is 1. The molecule has 3 N–H and O–H groups in total. The molecule has 0 bridgehead atoms. The lowest BCUT2D eigenvalue weighted by atomic mass is 10.0. The van der Waals surface area contributed by atoms with Gasteiger partial charge in [0.15, 0.2) is 5.82 Å². The van der Waals surface area contributed by atoms with Gasteiger partial charge < -0.3 is 5.32 Å². The van der Waals surface area contributed by atoms with Gasteiger partial charge in [0, 0.05) is 6.04 Å². The zero-order chi connectivity index (χ0) is 12.8. The summed E-state index contributed by atoms with van der Waals surface area (Å²) in [6, 6.07) is 0.320. The molecule has 1 fully saturated rings. The Hall–Kier alpha value is -1.06. The first kappa shape index (κ1) is 13.4. The van der Waals surface area contributed by atoms with E-state index in [-0.39, 0.29) is 12.3 Å². The highest BCUT2D eigenvalue weighted by atomic mass is 32.2. The van der Waals surface area contributed by atoms with Crippen molar-refractivity contribution >= 4 is 10.0 Å². The van der Waals surface area contributed by atoms with Gasteiger partial charge in [-0.2, -0.15) is 5.21 Å². The quantitative estimate of drug-likeness (QED) is 0.623. The third kappa shape index (κ3) is 4.31. The number of hydrogen-bond donors (Lipinski definition) is 3. The average Bonchev–Trinajstić information content (AvgIpc) is 2.89. The smallest absolute Gasteiger partial charge is 0.212 e. The van der Waals surface area contributed by atoms with E-state index in [0.29, 0.717) is 18.3 Å². The van der Waals surface area contributed by atoms with E-state index in [1.165, 1.54) is 12.8 Å². The molecule has 8 nitrogen and oxygen atoms in total. The van der Waals surface area contributed by atoms with Crippen molar-refractivity contribution in [3.63, 3.8) is 0 Å². The summed E-state index contributed by atoms with van der Waals surface area (Å²) in [6.07, 6.45) is 4.05. The van der Waals surface area contributed by atoms with E-state index in [1.807, 2.05) is 0 Å². The first-order valence-electron chi connectivity index (χ1n) is 6.09. The molecule has 1 unspecified atom stereocenters. The second-order valence-electron chi connectivity index (χ2n) is 4.40. The van der Waals surface area contributed by atoms with E-state index in [0.717, 1.165) is 13.0 Å². The van der Waals surface area contributed by atoms with Crippen LogP contribution in [-0.2, 0) is 16.6 Å². The molecule has 0 amide bonds. The highest BCUT2D eigenvalue weighted by Gasteiger charge is 2.17. The molecule has 0 spiro atoms. The number of rotatable bonds is 6. The Kier molecular flexibility index (Phi) is 4.61. The van der Waals surface area contributed by atoms with E-state index < -0.39 is 10.0 Å². The van der Waals surface area contributed by atoms with Crippen molar-refractivity contribution < 1.29 is 8.42 Å². The molecule has 0 aromatic carbocycles. The maximum absolute atomic E-state index is 11.7. The van der Waals surface area contributed by atoms with Crippen LogP contribution in [-0.4, -0.2) is 47.4 Å².